The zero-order valence-electron chi connectivity index (χ0n) is 22.8. The number of aryl methyl sites for hydroxylation is 2. The molecule has 1 fully saturated rings. The number of thiazole rings is 1. The van der Waals surface area contributed by atoms with Crippen LogP contribution in [-0.2, 0) is 16.0 Å². The number of benzene rings is 1. The minimum absolute atomic E-state index is 0.0502. The molecule has 5 rings (SSSR count). The topological polar surface area (TPSA) is 127 Å². The van der Waals surface area contributed by atoms with Crippen LogP contribution < -0.4 is 14.8 Å². The highest BCUT2D eigenvalue weighted by Crippen LogP contribution is 2.38. The van der Waals surface area contributed by atoms with Crippen molar-refractivity contribution in [1.29, 1.82) is 0 Å². The van der Waals surface area contributed by atoms with E-state index < -0.39 is 5.92 Å². The summed E-state index contributed by atoms with van der Waals surface area (Å²) in [6.45, 7) is 5.69. The van der Waals surface area contributed by atoms with Crippen LogP contribution in [0.1, 0.15) is 44.9 Å². The molecule has 2 aliphatic heterocycles. The summed E-state index contributed by atoms with van der Waals surface area (Å²) >= 11 is 1.52. The summed E-state index contributed by atoms with van der Waals surface area (Å²) in [6.07, 6.45) is 2.01. The molecule has 0 spiro atoms. The lowest BCUT2D eigenvalue weighted by atomic mass is 9.88. The van der Waals surface area contributed by atoms with Crippen LogP contribution in [0.5, 0.6) is 11.5 Å². The zero-order chi connectivity index (χ0) is 28.2. The van der Waals surface area contributed by atoms with Crippen molar-refractivity contribution in [3.8, 4) is 11.5 Å². The molecule has 1 N–H and O–H groups in total. The first-order chi connectivity index (χ1) is 19.3. The lowest BCUT2D eigenvalue weighted by Crippen LogP contribution is -2.39. The smallest absolute Gasteiger partial charge is 0.276 e. The Bertz CT molecular complexity index is 1390. The van der Waals surface area contributed by atoms with Gasteiger partial charge >= 0.3 is 0 Å². The number of carbonyl (C=O) groups excluding carboxylic acids is 3. The van der Waals surface area contributed by atoms with Gasteiger partial charge in [0.15, 0.2) is 23.6 Å². The van der Waals surface area contributed by atoms with E-state index in [1.807, 2.05) is 30.5 Å². The number of hydrogen-bond donors (Lipinski definition) is 1. The van der Waals surface area contributed by atoms with Gasteiger partial charge in [-0.05, 0) is 38.0 Å². The molecule has 0 aliphatic carbocycles. The van der Waals surface area contributed by atoms with E-state index in [0.29, 0.717) is 56.4 Å². The minimum Gasteiger partial charge on any atom is -0.493 e. The van der Waals surface area contributed by atoms with E-state index >= 15 is 0 Å². The van der Waals surface area contributed by atoms with E-state index in [1.54, 1.807) is 23.8 Å². The largest absolute Gasteiger partial charge is 0.493 e. The van der Waals surface area contributed by atoms with Gasteiger partial charge in [-0.15, -0.1) is 11.3 Å². The fourth-order valence-corrected chi connectivity index (χ4v) is 5.87. The fraction of sp³-hybridized carbons (Fsp3) is 0.464. The Morgan fingerprint density at radius 1 is 1.18 bits per heavy atom. The van der Waals surface area contributed by atoms with Crippen LogP contribution in [0.4, 0.5) is 0 Å². The first-order valence-electron chi connectivity index (χ1n) is 13.3. The number of carbonyl (C=O) groups is 3. The Balaban J connectivity index is 1.38. The van der Waals surface area contributed by atoms with E-state index in [-0.39, 0.29) is 42.4 Å². The molecule has 0 unspecified atom stereocenters. The van der Waals surface area contributed by atoms with Crippen molar-refractivity contribution in [2.45, 2.75) is 32.6 Å². The summed E-state index contributed by atoms with van der Waals surface area (Å²) in [5, 5.41) is 5.86. The van der Waals surface area contributed by atoms with Crippen LogP contribution in [0.2, 0.25) is 0 Å². The Morgan fingerprint density at radius 3 is 2.73 bits per heavy atom. The van der Waals surface area contributed by atoms with E-state index in [1.165, 1.54) is 17.7 Å². The van der Waals surface area contributed by atoms with Gasteiger partial charge in [-0.25, -0.2) is 9.97 Å². The van der Waals surface area contributed by atoms with E-state index in [2.05, 4.69) is 15.3 Å². The van der Waals surface area contributed by atoms with Crippen molar-refractivity contribution >= 4 is 29.1 Å². The van der Waals surface area contributed by atoms with Gasteiger partial charge in [0.2, 0.25) is 11.8 Å². The summed E-state index contributed by atoms with van der Waals surface area (Å²) in [5.74, 6) is 0.456. The molecule has 3 amide bonds. The van der Waals surface area contributed by atoms with Crippen molar-refractivity contribution in [1.82, 2.24) is 25.1 Å². The molecule has 0 saturated carbocycles. The van der Waals surface area contributed by atoms with Crippen molar-refractivity contribution in [3.05, 3.63) is 57.7 Å². The molecule has 40 heavy (non-hydrogen) atoms. The van der Waals surface area contributed by atoms with Crippen molar-refractivity contribution < 1.29 is 28.3 Å². The standard InChI is InChI=1S/C28H33N5O6S/c1-17-26(30-16-39-17)28(36)32-8-4-7-29-27(35)22-14-33(25(34)12-20-15-40-18(2)31-20)13-21(22)19-5-6-23(37-3)24(11-19)38-10-9-32/h5-6,11,15-16,21-22H,4,7-10,12-14H2,1-3H3,(H,29,35)/t21-,22+/m1/s1. The SMILES string of the molecule is COc1ccc2cc1OCCN(C(=O)c1ncoc1C)CCCNC(=O)[C@H]1CN(C(=O)Cc3csc(C)n3)C[C@H]21. The van der Waals surface area contributed by atoms with Gasteiger partial charge in [-0.1, -0.05) is 6.07 Å². The van der Waals surface area contributed by atoms with Gasteiger partial charge in [0.25, 0.3) is 5.91 Å². The molecule has 2 aliphatic rings. The van der Waals surface area contributed by atoms with E-state index in [0.717, 1.165) is 16.3 Å². The summed E-state index contributed by atoms with van der Waals surface area (Å²) in [4.78, 5) is 51.7. The molecular weight excluding hydrogens is 534 g/mol. The molecule has 2 bridgehead atoms. The summed E-state index contributed by atoms with van der Waals surface area (Å²) in [7, 11) is 1.57. The number of amides is 3. The third-order valence-electron chi connectivity index (χ3n) is 7.38. The normalized spacial score (nSPS) is 19.8. The molecular formula is C28H33N5O6S. The Hall–Kier alpha value is -3.93. The summed E-state index contributed by atoms with van der Waals surface area (Å²) in [6, 6.07) is 5.61. The second-order valence-electron chi connectivity index (χ2n) is 10.00. The monoisotopic (exact) mass is 567 g/mol. The predicted octanol–water partition coefficient (Wildman–Crippen LogP) is 2.58. The van der Waals surface area contributed by atoms with Gasteiger partial charge < -0.3 is 29.0 Å². The maximum atomic E-state index is 13.4. The number of likely N-dealkylation sites (tertiary alicyclic amines) is 1. The third kappa shape index (κ3) is 5.96. The fourth-order valence-electron chi connectivity index (χ4n) is 5.26. The lowest BCUT2D eigenvalue weighted by Gasteiger charge is -2.24. The van der Waals surface area contributed by atoms with Crippen LogP contribution in [-0.4, -0.2) is 83.9 Å². The minimum atomic E-state index is -0.430. The highest BCUT2D eigenvalue weighted by molar-refractivity contribution is 7.09. The number of ether oxygens (including phenoxy) is 2. The number of rotatable bonds is 4. The number of aromatic nitrogens is 2. The first kappa shape index (κ1) is 27.6. The number of nitrogens with one attached hydrogen (secondary N) is 1. The highest BCUT2D eigenvalue weighted by atomic mass is 32.1. The molecule has 1 aromatic carbocycles. The molecule has 212 valence electrons. The Morgan fingerprint density at radius 2 is 2.00 bits per heavy atom. The maximum absolute atomic E-state index is 13.4. The number of fused-ring (bicyclic) bond motifs is 4. The van der Waals surface area contributed by atoms with Gasteiger partial charge in [0.05, 0.1) is 36.7 Å². The summed E-state index contributed by atoms with van der Waals surface area (Å²) in [5.41, 5.74) is 1.89. The van der Waals surface area contributed by atoms with Crippen LogP contribution in [0.15, 0.2) is 34.4 Å². The second kappa shape index (κ2) is 12.1. The Labute approximate surface area is 236 Å². The van der Waals surface area contributed by atoms with Gasteiger partial charge in [-0.2, -0.15) is 0 Å². The second-order valence-corrected chi connectivity index (χ2v) is 11.1. The van der Waals surface area contributed by atoms with Crippen molar-refractivity contribution in [2.75, 3.05) is 46.4 Å². The molecule has 4 heterocycles. The van der Waals surface area contributed by atoms with E-state index in [4.69, 9.17) is 13.9 Å². The zero-order valence-corrected chi connectivity index (χ0v) is 23.7. The average molecular weight is 568 g/mol. The third-order valence-corrected chi connectivity index (χ3v) is 8.20. The van der Waals surface area contributed by atoms with Crippen molar-refractivity contribution in [2.24, 2.45) is 5.92 Å². The van der Waals surface area contributed by atoms with Crippen molar-refractivity contribution in [3.63, 3.8) is 0 Å². The van der Waals surface area contributed by atoms with Crippen LogP contribution in [0, 0.1) is 19.8 Å². The Kier molecular flexibility index (Phi) is 8.34. The van der Waals surface area contributed by atoms with Gasteiger partial charge in [-0.3, -0.25) is 14.4 Å². The lowest BCUT2D eigenvalue weighted by molar-refractivity contribution is -0.130. The quantitative estimate of drug-likeness (QED) is 0.510. The average Bonchev–Trinajstić information content (AvgIpc) is 3.68. The molecule has 1 saturated heterocycles. The van der Waals surface area contributed by atoms with Crippen LogP contribution in [0.25, 0.3) is 0 Å². The van der Waals surface area contributed by atoms with Gasteiger partial charge in [0, 0.05) is 37.5 Å². The first-order valence-corrected chi connectivity index (χ1v) is 14.2. The number of oxazole rings is 1. The molecule has 12 heteroatoms. The van der Waals surface area contributed by atoms with Crippen LogP contribution >= 0.6 is 11.3 Å². The predicted molar refractivity (Wildman–Crippen MR) is 147 cm³/mol. The number of methoxy groups -OCH3 is 1. The van der Waals surface area contributed by atoms with Gasteiger partial charge in [0.1, 0.15) is 12.4 Å². The highest BCUT2D eigenvalue weighted by Gasteiger charge is 2.40. The number of hydrogen-bond acceptors (Lipinski definition) is 9. The van der Waals surface area contributed by atoms with E-state index in [9.17, 15) is 14.4 Å². The van der Waals surface area contributed by atoms with Crippen LogP contribution in [0.3, 0.4) is 0 Å². The molecule has 0 radical (unpaired) electrons. The molecule has 3 aromatic rings. The molecule has 11 nitrogen and oxygen atoms in total. The maximum Gasteiger partial charge on any atom is 0.276 e. The molecule has 2 atom stereocenters. The number of nitrogens with zero attached hydrogens (tertiary/aromatic N) is 4. The molecule has 2 aromatic heterocycles. The summed E-state index contributed by atoms with van der Waals surface area (Å²) < 4.78 is 16.9.